The van der Waals surface area contributed by atoms with Crippen LogP contribution in [-0.4, -0.2) is 39.1 Å². The number of aliphatic carboxylic acids is 3. The fourth-order valence-electron chi connectivity index (χ4n) is 2.55. The zero-order chi connectivity index (χ0) is 24.8. The molecular formula is C22H22F2N2O7. The molecule has 2 aromatic rings. The molecule has 0 heterocycles. The maximum Gasteiger partial charge on any atom is 0.321 e. The summed E-state index contributed by atoms with van der Waals surface area (Å²) in [6.45, 7) is 0. The Bertz CT molecular complexity index is 995. The Kier molecular flexibility index (Phi) is 7.70. The van der Waals surface area contributed by atoms with E-state index >= 15 is 0 Å². The molecular weight excluding hydrogens is 442 g/mol. The van der Waals surface area contributed by atoms with E-state index in [1.165, 1.54) is 48.5 Å². The van der Waals surface area contributed by atoms with Crippen LogP contribution in [0.25, 0.3) is 0 Å². The van der Waals surface area contributed by atoms with Crippen LogP contribution < -0.4 is 11.1 Å². The normalized spacial score (nSPS) is 15.9. The highest BCUT2D eigenvalue weighted by atomic mass is 19.1. The highest BCUT2D eigenvalue weighted by molar-refractivity contribution is 6.10. The van der Waals surface area contributed by atoms with Gasteiger partial charge in [-0.15, -0.1) is 0 Å². The average molecular weight is 464 g/mol. The molecule has 176 valence electrons. The maximum atomic E-state index is 12.6. The number of nitrogens with one attached hydrogen (secondary N) is 1. The topological polar surface area (TPSA) is 167 Å². The minimum atomic E-state index is -1.42. The lowest BCUT2D eigenvalue weighted by Crippen LogP contribution is -2.31. The van der Waals surface area contributed by atoms with Crippen molar-refractivity contribution in [1.82, 2.24) is 0 Å². The van der Waals surface area contributed by atoms with Crippen LogP contribution in [0.5, 0.6) is 0 Å². The summed E-state index contributed by atoms with van der Waals surface area (Å²) in [6, 6.07) is 10.9. The first-order chi connectivity index (χ1) is 15.4. The van der Waals surface area contributed by atoms with Crippen molar-refractivity contribution in [3.05, 3.63) is 60.2 Å². The number of benzene rings is 2. The minimum Gasteiger partial charge on any atom is -0.480 e. The van der Waals surface area contributed by atoms with Crippen LogP contribution >= 0.6 is 0 Å². The summed E-state index contributed by atoms with van der Waals surface area (Å²) < 4.78 is 24.6. The van der Waals surface area contributed by atoms with Gasteiger partial charge in [0.1, 0.15) is 17.0 Å². The van der Waals surface area contributed by atoms with Crippen molar-refractivity contribution in [2.24, 2.45) is 10.8 Å². The zero-order valence-electron chi connectivity index (χ0n) is 17.3. The number of carbonyl (C=O) groups excluding carboxylic acids is 1. The molecule has 0 aromatic heterocycles. The van der Waals surface area contributed by atoms with Crippen LogP contribution in [-0.2, 0) is 19.2 Å². The molecule has 33 heavy (non-hydrogen) atoms. The van der Waals surface area contributed by atoms with Gasteiger partial charge in [-0.1, -0.05) is 0 Å². The number of carboxylic acids is 3. The van der Waals surface area contributed by atoms with Gasteiger partial charge in [-0.3, -0.25) is 19.2 Å². The number of anilines is 2. The Morgan fingerprint density at radius 3 is 1.33 bits per heavy atom. The first-order valence-corrected chi connectivity index (χ1v) is 9.71. The van der Waals surface area contributed by atoms with E-state index in [1.54, 1.807) is 0 Å². The molecule has 0 saturated heterocycles. The van der Waals surface area contributed by atoms with E-state index in [-0.39, 0.29) is 18.7 Å². The summed E-state index contributed by atoms with van der Waals surface area (Å²) in [5, 5.41) is 27.9. The third-order valence-corrected chi connectivity index (χ3v) is 5.13. The van der Waals surface area contributed by atoms with E-state index < -0.39 is 40.5 Å². The smallest absolute Gasteiger partial charge is 0.321 e. The molecule has 6 N–H and O–H groups in total. The maximum absolute atomic E-state index is 12.6. The first kappa shape index (κ1) is 25.2. The van der Waals surface area contributed by atoms with Crippen LogP contribution in [0.2, 0.25) is 0 Å². The molecule has 2 fully saturated rings. The molecule has 0 spiro atoms. The van der Waals surface area contributed by atoms with Crippen LogP contribution in [0.1, 0.15) is 25.7 Å². The molecule has 11 heteroatoms. The Balaban J connectivity index is 0.000000192. The lowest BCUT2D eigenvalue weighted by molar-refractivity contribution is -0.157. The fraction of sp³-hybridized carbons (Fsp3) is 0.273. The van der Waals surface area contributed by atoms with Crippen molar-refractivity contribution in [2.45, 2.75) is 25.7 Å². The van der Waals surface area contributed by atoms with Gasteiger partial charge in [0.05, 0.1) is 0 Å². The van der Waals surface area contributed by atoms with Crippen molar-refractivity contribution < 1.29 is 43.3 Å². The van der Waals surface area contributed by atoms with E-state index in [2.05, 4.69) is 5.32 Å². The molecule has 2 aliphatic rings. The molecule has 0 unspecified atom stereocenters. The summed E-state index contributed by atoms with van der Waals surface area (Å²) in [7, 11) is 0. The Morgan fingerprint density at radius 2 is 1.06 bits per heavy atom. The molecule has 9 nitrogen and oxygen atoms in total. The molecule has 0 radical (unpaired) electrons. The molecule has 0 atom stereocenters. The van der Waals surface area contributed by atoms with Gasteiger partial charge in [0, 0.05) is 11.4 Å². The number of carbonyl (C=O) groups is 4. The SMILES string of the molecule is Nc1ccc(F)cc1.O=C(O)C1(C(=O)Nc2ccc(F)cc2)CC1.O=C(O)C1(C(=O)O)CC1. The van der Waals surface area contributed by atoms with E-state index in [4.69, 9.17) is 21.1 Å². The lowest BCUT2D eigenvalue weighted by Gasteiger charge is -2.10. The second-order valence-electron chi connectivity index (χ2n) is 7.59. The predicted molar refractivity (Wildman–Crippen MR) is 112 cm³/mol. The highest BCUT2D eigenvalue weighted by Crippen LogP contribution is 2.47. The van der Waals surface area contributed by atoms with Gasteiger partial charge >= 0.3 is 17.9 Å². The third kappa shape index (κ3) is 6.48. The zero-order valence-corrected chi connectivity index (χ0v) is 17.3. The third-order valence-electron chi connectivity index (χ3n) is 5.13. The van der Waals surface area contributed by atoms with E-state index in [0.717, 1.165) is 0 Å². The summed E-state index contributed by atoms with van der Waals surface area (Å²) >= 11 is 0. The predicted octanol–water partition coefficient (Wildman–Crippen LogP) is 2.97. The number of halogens is 2. The van der Waals surface area contributed by atoms with Gasteiger partial charge in [0.15, 0.2) is 5.41 Å². The molecule has 0 aliphatic heterocycles. The van der Waals surface area contributed by atoms with Gasteiger partial charge < -0.3 is 26.4 Å². The van der Waals surface area contributed by atoms with Crippen LogP contribution in [0.3, 0.4) is 0 Å². The van der Waals surface area contributed by atoms with Crippen molar-refractivity contribution >= 4 is 35.2 Å². The molecule has 1 amide bonds. The Labute approximate surface area is 186 Å². The van der Waals surface area contributed by atoms with Crippen LogP contribution in [0, 0.1) is 22.5 Å². The van der Waals surface area contributed by atoms with E-state index in [1.807, 2.05) is 0 Å². The van der Waals surface area contributed by atoms with Crippen molar-refractivity contribution in [2.75, 3.05) is 11.1 Å². The van der Waals surface area contributed by atoms with Gasteiger partial charge in [0.25, 0.3) is 0 Å². The second kappa shape index (κ2) is 10.1. The quantitative estimate of drug-likeness (QED) is 0.332. The number of nitrogens with two attached hydrogens (primary N) is 1. The summed E-state index contributed by atoms with van der Waals surface area (Å²) in [4.78, 5) is 42.8. The highest BCUT2D eigenvalue weighted by Gasteiger charge is 2.58. The molecule has 2 aromatic carbocycles. The Hall–Kier alpha value is -4.02. The second-order valence-corrected chi connectivity index (χ2v) is 7.59. The van der Waals surface area contributed by atoms with Gasteiger partial charge in [-0.2, -0.15) is 0 Å². The van der Waals surface area contributed by atoms with Crippen LogP contribution in [0.4, 0.5) is 20.2 Å². The standard InChI is InChI=1S/C11H10FNO3.C6H6FN.C5H6O4/c12-7-1-3-8(4-2-7)13-9(14)11(5-6-11)10(15)16;7-5-1-3-6(8)4-2-5;6-3(7)5(1-2-5)4(8)9/h1-4H,5-6H2,(H,13,14)(H,15,16);1-4H,8H2;1-2H2,(H,6,7)(H,8,9). The van der Waals surface area contributed by atoms with E-state index in [0.29, 0.717) is 24.2 Å². The number of carboxylic acid groups (broad SMARTS) is 3. The molecule has 2 aliphatic carbocycles. The summed E-state index contributed by atoms with van der Waals surface area (Å²) in [5.41, 5.74) is 3.56. The average Bonchev–Trinajstić information content (AvgIpc) is 3.65. The van der Waals surface area contributed by atoms with Crippen LogP contribution in [0.15, 0.2) is 48.5 Å². The largest absolute Gasteiger partial charge is 0.480 e. The van der Waals surface area contributed by atoms with E-state index in [9.17, 15) is 28.0 Å². The van der Waals surface area contributed by atoms with Gasteiger partial charge in [-0.25, -0.2) is 8.78 Å². The van der Waals surface area contributed by atoms with Crippen molar-refractivity contribution in [3.8, 4) is 0 Å². The fourth-order valence-corrected chi connectivity index (χ4v) is 2.55. The van der Waals surface area contributed by atoms with Gasteiger partial charge in [-0.05, 0) is 74.2 Å². The molecule has 0 bridgehead atoms. The Morgan fingerprint density at radius 1 is 0.697 bits per heavy atom. The minimum absolute atomic E-state index is 0.251. The first-order valence-electron chi connectivity index (χ1n) is 9.71. The molecule has 4 rings (SSSR count). The summed E-state index contributed by atoms with van der Waals surface area (Å²) in [5.74, 6) is -4.72. The van der Waals surface area contributed by atoms with Gasteiger partial charge in [0.2, 0.25) is 5.91 Å². The van der Waals surface area contributed by atoms with Crippen molar-refractivity contribution in [3.63, 3.8) is 0 Å². The lowest BCUT2D eigenvalue weighted by atomic mass is 10.1. The number of amides is 1. The monoisotopic (exact) mass is 464 g/mol. The number of nitrogen functional groups attached to an aromatic ring is 1. The summed E-state index contributed by atoms with van der Waals surface area (Å²) in [6.07, 6.45) is 1.26. The number of hydrogen-bond donors (Lipinski definition) is 5. The molecule has 2 saturated carbocycles. The number of rotatable bonds is 5. The van der Waals surface area contributed by atoms with Crippen molar-refractivity contribution in [1.29, 1.82) is 0 Å². The number of hydrogen-bond acceptors (Lipinski definition) is 5.